The molecule has 2 aromatic heterocycles. The molecule has 0 aliphatic heterocycles. The van der Waals surface area contributed by atoms with Gasteiger partial charge in [0.25, 0.3) is 0 Å². The van der Waals surface area contributed by atoms with E-state index in [0.29, 0.717) is 0 Å². The molecule has 0 unspecified atom stereocenters. The standard InChI is InChI=1S/C42H27ClN2S2/c43-28-24-37(42-35-18-10-11-19-38(35)47-41(42)25-28)45(31-16-8-3-9-17-31)32-21-23-39-36(26-32)34-22-20-33(27-40(34)46-39)44(29-12-4-1-5-13-29)30-14-6-2-7-15-30/h1-27H. The van der Waals surface area contributed by atoms with Gasteiger partial charge in [0.05, 0.1) is 5.69 Å². The van der Waals surface area contributed by atoms with E-state index in [2.05, 4.69) is 174 Å². The van der Waals surface area contributed by atoms with Crippen molar-refractivity contribution < 1.29 is 0 Å². The highest BCUT2D eigenvalue weighted by Crippen LogP contribution is 2.48. The van der Waals surface area contributed by atoms with Gasteiger partial charge in [0.2, 0.25) is 0 Å². The molecule has 7 aromatic carbocycles. The summed E-state index contributed by atoms with van der Waals surface area (Å²) >= 11 is 10.5. The molecule has 47 heavy (non-hydrogen) atoms. The Kier molecular flexibility index (Phi) is 6.93. The van der Waals surface area contributed by atoms with Crippen molar-refractivity contribution in [3.05, 3.63) is 169 Å². The third kappa shape index (κ3) is 4.93. The van der Waals surface area contributed by atoms with Crippen molar-refractivity contribution in [1.82, 2.24) is 0 Å². The van der Waals surface area contributed by atoms with Crippen LogP contribution in [-0.2, 0) is 0 Å². The summed E-state index contributed by atoms with van der Waals surface area (Å²) < 4.78 is 4.96. The van der Waals surface area contributed by atoms with Crippen LogP contribution < -0.4 is 9.80 Å². The first kappa shape index (κ1) is 28.1. The van der Waals surface area contributed by atoms with Crippen LogP contribution in [-0.4, -0.2) is 0 Å². The molecule has 2 nitrogen and oxygen atoms in total. The Morgan fingerprint density at radius 1 is 0.362 bits per heavy atom. The molecular formula is C42H27ClN2S2. The highest BCUT2D eigenvalue weighted by Gasteiger charge is 2.21. The number of thiophene rings is 2. The summed E-state index contributed by atoms with van der Waals surface area (Å²) in [5, 5.41) is 5.70. The average molecular weight is 659 g/mol. The van der Waals surface area contributed by atoms with Gasteiger partial charge < -0.3 is 9.80 Å². The van der Waals surface area contributed by atoms with Crippen molar-refractivity contribution in [2.75, 3.05) is 9.80 Å². The zero-order valence-corrected chi connectivity index (χ0v) is 27.6. The van der Waals surface area contributed by atoms with Gasteiger partial charge in [-0.25, -0.2) is 0 Å². The normalized spacial score (nSPS) is 11.5. The fourth-order valence-corrected chi connectivity index (χ4v) is 9.18. The van der Waals surface area contributed by atoms with E-state index in [0.717, 1.165) is 39.1 Å². The summed E-state index contributed by atoms with van der Waals surface area (Å²) in [5.41, 5.74) is 6.68. The third-order valence-electron chi connectivity index (χ3n) is 8.66. The fraction of sp³-hybridized carbons (Fsp3) is 0. The molecule has 224 valence electrons. The van der Waals surface area contributed by atoms with Crippen LogP contribution >= 0.6 is 34.3 Å². The molecule has 0 N–H and O–H groups in total. The second-order valence-corrected chi connectivity index (χ2v) is 14.1. The topological polar surface area (TPSA) is 6.48 Å². The number of fused-ring (bicyclic) bond motifs is 6. The molecule has 5 heteroatoms. The smallest absolute Gasteiger partial charge is 0.0569 e. The summed E-state index contributed by atoms with van der Waals surface area (Å²) in [7, 11) is 0. The van der Waals surface area contributed by atoms with Gasteiger partial charge in [-0.2, -0.15) is 0 Å². The van der Waals surface area contributed by atoms with Gasteiger partial charge in [0.1, 0.15) is 0 Å². The van der Waals surface area contributed by atoms with Crippen LogP contribution in [0.3, 0.4) is 0 Å². The van der Waals surface area contributed by atoms with E-state index in [9.17, 15) is 0 Å². The molecule has 0 atom stereocenters. The van der Waals surface area contributed by atoms with E-state index >= 15 is 0 Å². The lowest BCUT2D eigenvalue weighted by Crippen LogP contribution is -2.10. The predicted molar refractivity (Wildman–Crippen MR) is 207 cm³/mol. The Balaban J connectivity index is 1.23. The number of rotatable bonds is 6. The Hall–Kier alpha value is -5.13. The Labute approximate surface area is 285 Å². The molecule has 0 saturated heterocycles. The van der Waals surface area contributed by atoms with E-state index in [1.54, 1.807) is 11.3 Å². The third-order valence-corrected chi connectivity index (χ3v) is 11.1. The highest BCUT2D eigenvalue weighted by atomic mass is 35.5. The van der Waals surface area contributed by atoms with Crippen molar-refractivity contribution in [3.8, 4) is 0 Å². The van der Waals surface area contributed by atoms with E-state index in [-0.39, 0.29) is 0 Å². The Morgan fingerprint density at radius 2 is 0.915 bits per heavy atom. The molecule has 9 aromatic rings. The van der Waals surface area contributed by atoms with Crippen LogP contribution in [0.1, 0.15) is 0 Å². The molecule has 0 aliphatic rings. The van der Waals surface area contributed by atoms with Crippen molar-refractivity contribution in [2.45, 2.75) is 0 Å². The van der Waals surface area contributed by atoms with E-state index in [4.69, 9.17) is 11.6 Å². The first-order chi connectivity index (χ1) is 23.2. The molecule has 9 rings (SSSR count). The first-order valence-electron chi connectivity index (χ1n) is 15.5. The maximum Gasteiger partial charge on any atom is 0.0569 e. The minimum atomic E-state index is 0.732. The van der Waals surface area contributed by atoms with Crippen LogP contribution in [0.4, 0.5) is 34.1 Å². The first-order valence-corrected chi connectivity index (χ1v) is 17.5. The lowest BCUT2D eigenvalue weighted by atomic mass is 10.1. The number of hydrogen-bond donors (Lipinski definition) is 0. The number of halogens is 1. The van der Waals surface area contributed by atoms with E-state index in [1.807, 2.05) is 11.3 Å². The predicted octanol–water partition coefficient (Wildman–Crippen LogP) is 14.0. The van der Waals surface area contributed by atoms with Gasteiger partial charge in [-0.05, 0) is 84.9 Å². The van der Waals surface area contributed by atoms with Crippen LogP contribution in [0.5, 0.6) is 0 Å². The summed E-state index contributed by atoms with van der Waals surface area (Å²) in [6.07, 6.45) is 0. The lowest BCUT2D eigenvalue weighted by Gasteiger charge is -2.27. The molecule has 0 aliphatic carbocycles. The summed E-state index contributed by atoms with van der Waals surface area (Å²) in [4.78, 5) is 4.68. The Bertz CT molecular complexity index is 2500. The van der Waals surface area contributed by atoms with Crippen LogP contribution in [0.25, 0.3) is 40.3 Å². The molecule has 0 amide bonds. The highest BCUT2D eigenvalue weighted by molar-refractivity contribution is 7.26. The average Bonchev–Trinajstić information content (AvgIpc) is 3.67. The second-order valence-electron chi connectivity index (χ2n) is 11.5. The number of hydrogen-bond acceptors (Lipinski definition) is 4. The molecule has 0 saturated carbocycles. The van der Waals surface area contributed by atoms with Crippen molar-refractivity contribution in [2.24, 2.45) is 0 Å². The SMILES string of the molecule is Clc1cc(N(c2ccccc2)c2ccc3sc4cc(N(c5ccccc5)c5ccccc5)ccc4c3c2)c2c(c1)sc1ccccc12. The van der Waals surface area contributed by atoms with Gasteiger partial charge in [-0.15, -0.1) is 22.7 Å². The van der Waals surface area contributed by atoms with Crippen LogP contribution in [0.2, 0.25) is 5.02 Å². The molecule has 0 fully saturated rings. The monoisotopic (exact) mass is 658 g/mol. The largest absolute Gasteiger partial charge is 0.310 e. The van der Waals surface area contributed by atoms with E-state index in [1.165, 1.54) is 40.3 Å². The zero-order valence-electron chi connectivity index (χ0n) is 25.2. The van der Waals surface area contributed by atoms with Gasteiger partial charge in [0, 0.05) is 73.8 Å². The number of nitrogens with zero attached hydrogens (tertiary/aromatic N) is 2. The number of benzene rings is 7. The quantitative estimate of drug-likeness (QED) is 0.175. The van der Waals surface area contributed by atoms with Crippen LogP contribution in [0, 0.1) is 0 Å². The lowest BCUT2D eigenvalue weighted by molar-refractivity contribution is 1.29. The molecule has 0 spiro atoms. The van der Waals surface area contributed by atoms with Gasteiger partial charge >= 0.3 is 0 Å². The van der Waals surface area contributed by atoms with Crippen LogP contribution in [0.15, 0.2) is 164 Å². The molecular weight excluding hydrogens is 632 g/mol. The summed E-state index contributed by atoms with van der Waals surface area (Å²) in [6.45, 7) is 0. The molecule has 0 bridgehead atoms. The molecule has 0 radical (unpaired) electrons. The fourth-order valence-electron chi connectivity index (χ4n) is 6.61. The summed E-state index contributed by atoms with van der Waals surface area (Å²) in [5.74, 6) is 0. The van der Waals surface area contributed by atoms with Crippen molar-refractivity contribution in [3.63, 3.8) is 0 Å². The number of para-hydroxylation sites is 3. The minimum absolute atomic E-state index is 0.732. The maximum absolute atomic E-state index is 6.83. The second kappa shape index (κ2) is 11.6. The molecule has 2 heterocycles. The van der Waals surface area contributed by atoms with E-state index < -0.39 is 0 Å². The summed E-state index contributed by atoms with van der Waals surface area (Å²) in [6, 6.07) is 58.3. The Morgan fingerprint density at radius 3 is 1.62 bits per heavy atom. The van der Waals surface area contributed by atoms with Crippen molar-refractivity contribution >= 4 is 109 Å². The number of anilines is 6. The van der Waals surface area contributed by atoms with Gasteiger partial charge in [0.15, 0.2) is 0 Å². The zero-order chi connectivity index (χ0) is 31.3. The van der Waals surface area contributed by atoms with Crippen molar-refractivity contribution in [1.29, 1.82) is 0 Å². The minimum Gasteiger partial charge on any atom is -0.310 e. The maximum atomic E-state index is 6.83. The van der Waals surface area contributed by atoms with Gasteiger partial charge in [-0.3, -0.25) is 0 Å². The van der Waals surface area contributed by atoms with Gasteiger partial charge in [-0.1, -0.05) is 90.5 Å².